The number of fused-ring (bicyclic) bond motifs is 1. The third kappa shape index (κ3) is 9.54. The monoisotopic (exact) mass is 814 g/mol. The van der Waals surface area contributed by atoms with E-state index >= 15 is 8.78 Å². The van der Waals surface area contributed by atoms with E-state index in [9.17, 15) is 5.11 Å². The van der Waals surface area contributed by atoms with Crippen molar-refractivity contribution in [3.05, 3.63) is 196 Å². The lowest BCUT2D eigenvalue weighted by atomic mass is 9.84. The number of hydrogen-bond acceptors (Lipinski definition) is 8. The number of alkyl halides is 2. The molecule has 0 aromatic heterocycles. The summed E-state index contributed by atoms with van der Waals surface area (Å²) < 4.78 is 77.7. The van der Waals surface area contributed by atoms with E-state index in [0.29, 0.717) is 42.3 Å². The van der Waals surface area contributed by atoms with Gasteiger partial charge in [-0.2, -0.15) is 0 Å². The number of ether oxygens (including phenoxy) is 7. The van der Waals surface area contributed by atoms with Crippen LogP contribution in [0, 0.1) is 6.92 Å². The Labute approximate surface area is 349 Å². The maximum absolute atomic E-state index is 17.3. The fraction of sp³-hybridized carbons (Fsp3) is 0.280. The van der Waals surface area contributed by atoms with Crippen molar-refractivity contribution in [1.29, 1.82) is 0 Å². The summed E-state index contributed by atoms with van der Waals surface area (Å²) in [5, 5.41) is 13.4. The van der Waals surface area contributed by atoms with Crippen molar-refractivity contribution in [3.8, 4) is 17.2 Å². The molecule has 0 amide bonds. The van der Waals surface area contributed by atoms with Crippen LogP contribution in [0.2, 0.25) is 0 Å². The minimum Gasteiger partial charge on any atom is -0.488 e. The summed E-state index contributed by atoms with van der Waals surface area (Å²) in [4.78, 5) is 0. The SMILES string of the molecule is Cc1cc(OCc2ccccc2)c(C2(O)O[C@H](COCc3ccccc3)C(F)(F)[C@H](OCc3ccccc3)[C@H]2OCc2ccccc2)cc1Cc1ccc2c(c1)OCCO2. The topological polar surface area (TPSA) is 84.8 Å². The van der Waals surface area contributed by atoms with Gasteiger partial charge in [-0.25, -0.2) is 8.78 Å². The minimum absolute atomic E-state index is 0.0499. The normalized spacial score (nSPS) is 20.7. The van der Waals surface area contributed by atoms with Crippen LogP contribution in [0.3, 0.4) is 0 Å². The van der Waals surface area contributed by atoms with Gasteiger partial charge in [-0.3, -0.25) is 0 Å². The van der Waals surface area contributed by atoms with Crippen LogP contribution in [0.25, 0.3) is 0 Å². The van der Waals surface area contributed by atoms with Crippen molar-refractivity contribution in [1.82, 2.24) is 0 Å². The highest BCUT2D eigenvalue weighted by molar-refractivity contribution is 5.50. The van der Waals surface area contributed by atoms with Gasteiger partial charge < -0.3 is 38.3 Å². The lowest BCUT2D eigenvalue weighted by Crippen LogP contribution is -2.68. The van der Waals surface area contributed by atoms with Gasteiger partial charge in [0.1, 0.15) is 31.7 Å². The molecular weight excluding hydrogens is 767 g/mol. The van der Waals surface area contributed by atoms with E-state index in [4.69, 9.17) is 33.2 Å². The molecule has 1 fully saturated rings. The molecule has 2 heterocycles. The molecule has 310 valence electrons. The summed E-state index contributed by atoms with van der Waals surface area (Å²) in [7, 11) is 0. The van der Waals surface area contributed by atoms with Crippen LogP contribution < -0.4 is 14.2 Å². The number of aryl methyl sites for hydroxylation is 1. The molecule has 8 nitrogen and oxygen atoms in total. The molecule has 0 saturated carbocycles. The molecule has 10 heteroatoms. The molecule has 6 aromatic carbocycles. The Kier molecular flexibility index (Phi) is 12.9. The summed E-state index contributed by atoms with van der Waals surface area (Å²) in [6.07, 6.45) is -5.32. The molecule has 1 N–H and O–H groups in total. The zero-order valence-electron chi connectivity index (χ0n) is 33.4. The lowest BCUT2D eigenvalue weighted by Gasteiger charge is -2.50. The molecule has 2 aliphatic rings. The number of halogens is 2. The van der Waals surface area contributed by atoms with Gasteiger partial charge in [0.25, 0.3) is 0 Å². The molecule has 0 spiro atoms. The molecular formula is C50H48F2O8. The van der Waals surface area contributed by atoms with Gasteiger partial charge >= 0.3 is 5.92 Å². The van der Waals surface area contributed by atoms with Crippen molar-refractivity contribution in [2.24, 2.45) is 0 Å². The summed E-state index contributed by atoms with van der Waals surface area (Å²) >= 11 is 0. The fourth-order valence-corrected chi connectivity index (χ4v) is 7.56. The average Bonchev–Trinajstić information content (AvgIpc) is 3.28. The van der Waals surface area contributed by atoms with Crippen LogP contribution in [-0.2, 0) is 57.6 Å². The van der Waals surface area contributed by atoms with Crippen LogP contribution in [0.5, 0.6) is 17.2 Å². The molecule has 0 bridgehead atoms. The number of rotatable bonds is 16. The molecule has 6 aromatic rings. The zero-order chi connectivity index (χ0) is 41.4. The van der Waals surface area contributed by atoms with Crippen LogP contribution >= 0.6 is 0 Å². The molecule has 0 radical (unpaired) electrons. The summed E-state index contributed by atoms with van der Waals surface area (Å²) in [5.74, 6) is -4.70. The van der Waals surface area contributed by atoms with Crippen molar-refractivity contribution in [2.45, 2.75) is 69.8 Å². The van der Waals surface area contributed by atoms with E-state index in [-0.39, 0.29) is 37.7 Å². The Morgan fingerprint density at radius 2 is 1.13 bits per heavy atom. The Bertz CT molecular complexity index is 2290. The standard InChI is InChI=1S/C50H48F2O8/c1-35-26-44(57-31-37-16-8-3-9-17-37)42(29-41(35)27-40-22-23-43-45(28-40)56-25-24-55-43)50(53)48(59-33-39-20-12-5-13-21-39)47(58-32-38-18-10-4-11-19-38)49(51,52)46(60-50)34-54-30-36-14-6-2-7-15-36/h2-23,26,28-29,46-48,53H,24-25,27,30-34H2,1H3/t46-,47-,48-,50?/m1/s1. The second kappa shape index (κ2) is 18.8. The van der Waals surface area contributed by atoms with Crippen molar-refractivity contribution < 1.29 is 47.0 Å². The lowest BCUT2D eigenvalue weighted by molar-refractivity contribution is -0.406. The first-order valence-electron chi connectivity index (χ1n) is 20.2. The van der Waals surface area contributed by atoms with E-state index in [1.807, 2.05) is 140 Å². The fourth-order valence-electron chi connectivity index (χ4n) is 7.56. The average molecular weight is 815 g/mol. The third-order valence-corrected chi connectivity index (χ3v) is 10.8. The molecule has 1 saturated heterocycles. The maximum atomic E-state index is 17.3. The van der Waals surface area contributed by atoms with E-state index in [1.165, 1.54) is 0 Å². The van der Waals surface area contributed by atoms with Gasteiger partial charge in [0.15, 0.2) is 23.7 Å². The Balaban J connectivity index is 1.23. The predicted molar refractivity (Wildman–Crippen MR) is 222 cm³/mol. The number of benzene rings is 6. The summed E-state index contributed by atoms with van der Waals surface area (Å²) in [6.45, 7) is 2.18. The summed E-state index contributed by atoms with van der Waals surface area (Å²) in [5.41, 5.74) is 5.73. The smallest absolute Gasteiger partial charge is 0.304 e. The number of aliphatic hydroxyl groups is 1. The Hall–Kier alpha value is -5.62. The third-order valence-electron chi connectivity index (χ3n) is 10.8. The predicted octanol–water partition coefficient (Wildman–Crippen LogP) is 9.50. The second-order valence-corrected chi connectivity index (χ2v) is 15.1. The molecule has 60 heavy (non-hydrogen) atoms. The highest BCUT2D eigenvalue weighted by Gasteiger charge is 2.66. The van der Waals surface area contributed by atoms with Crippen molar-refractivity contribution in [3.63, 3.8) is 0 Å². The first-order chi connectivity index (χ1) is 29.3. The van der Waals surface area contributed by atoms with Gasteiger partial charge in [-0.15, -0.1) is 0 Å². The molecule has 2 aliphatic heterocycles. The molecule has 4 atom stereocenters. The van der Waals surface area contributed by atoms with Gasteiger partial charge in [-0.1, -0.05) is 127 Å². The minimum atomic E-state index is -3.71. The van der Waals surface area contributed by atoms with Crippen molar-refractivity contribution >= 4 is 0 Å². The summed E-state index contributed by atoms with van der Waals surface area (Å²) in [6, 6.07) is 46.4. The van der Waals surface area contributed by atoms with Crippen LogP contribution in [0.1, 0.15) is 44.5 Å². The zero-order valence-corrected chi connectivity index (χ0v) is 33.4. The van der Waals surface area contributed by atoms with Gasteiger partial charge in [0.2, 0.25) is 5.79 Å². The highest BCUT2D eigenvalue weighted by atomic mass is 19.3. The van der Waals surface area contributed by atoms with Gasteiger partial charge in [-0.05, 0) is 76.6 Å². The van der Waals surface area contributed by atoms with Gasteiger partial charge in [0.05, 0.1) is 32.0 Å². The first kappa shape index (κ1) is 41.1. The molecule has 0 aliphatic carbocycles. The number of hydrogen-bond donors (Lipinski definition) is 1. The van der Waals surface area contributed by atoms with Crippen LogP contribution in [0.4, 0.5) is 8.78 Å². The molecule has 1 unspecified atom stereocenters. The Morgan fingerprint density at radius 3 is 1.73 bits per heavy atom. The van der Waals surface area contributed by atoms with E-state index in [0.717, 1.165) is 27.8 Å². The van der Waals surface area contributed by atoms with Crippen LogP contribution in [-0.4, -0.2) is 49.2 Å². The van der Waals surface area contributed by atoms with E-state index in [2.05, 4.69) is 0 Å². The molecule has 8 rings (SSSR count). The van der Waals surface area contributed by atoms with Gasteiger partial charge in [0, 0.05) is 0 Å². The van der Waals surface area contributed by atoms with E-state index < -0.39 is 36.6 Å². The van der Waals surface area contributed by atoms with Crippen LogP contribution in [0.15, 0.2) is 152 Å². The van der Waals surface area contributed by atoms with Crippen molar-refractivity contribution in [2.75, 3.05) is 19.8 Å². The van der Waals surface area contributed by atoms with E-state index in [1.54, 1.807) is 18.2 Å². The highest BCUT2D eigenvalue weighted by Crippen LogP contribution is 2.49. The maximum Gasteiger partial charge on any atom is 0.304 e. The Morgan fingerprint density at radius 1 is 0.600 bits per heavy atom. The quantitative estimate of drug-likeness (QED) is 0.104. The second-order valence-electron chi connectivity index (χ2n) is 15.1. The first-order valence-corrected chi connectivity index (χ1v) is 20.2. The largest absolute Gasteiger partial charge is 0.488 e.